The maximum absolute atomic E-state index is 13.8. The van der Waals surface area contributed by atoms with Gasteiger partial charge in [0.15, 0.2) is 0 Å². The Hall–Kier alpha value is -2.51. The summed E-state index contributed by atoms with van der Waals surface area (Å²) in [5, 5.41) is 2.98. The molecule has 3 fully saturated rings. The van der Waals surface area contributed by atoms with E-state index in [1.165, 1.54) is 4.90 Å². The number of hydrogen-bond acceptors (Lipinski definition) is 4. The van der Waals surface area contributed by atoms with Crippen molar-refractivity contribution in [3.8, 4) is 0 Å². The van der Waals surface area contributed by atoms with Gasteiger partial charge in [0.1, 0.15) is 5.54 Å². The fraction of sp³-hybridized carbons (Fsp3) is 0.318. The van der Waals surface area contributed by atoms with Crippen LogP contribution >= 0.6 is 15.9 Å². The molecule has 4 aliphatic rings. The number of carbonyl (C=O) groups excluding carboxylic acids is 3. The normalized spacial score (nSPS) is 32.7. The van der Waals surface area contributed by atoms with E-state index in [1.807, 2.05) is 42.5 Å². The molecule has 6 rings (SSSR count). The molecule has 1 spiro atoms. The molecule has 3 amide bonds. The molecule has 2 aromatic rings. The zero-order valence-corrected chi connectivity index (χ0v) is 17.1. The largest absolute Gasteiger partial charge is 0.324 e. The number of imide groups is 1. The first-order valence-corrected chi connectivity index (χ1v) is 10.7. The number of amides is 3. The number of fused-ring (bicyclic) bond motifs is 7. The van der Waals surface area contributed by atoms with Crippen LogP contribution in [0.4, 0.5) is 11.4 Å². The number of nitrogens with one attached hydrogen (secondary N) is 1. The molecule has 0 radical (unpaired) electrons. The van der Waals surface area contributed by atoms with Crippen molar-refractivity contribution in [1.82, 2.24) is 4.90 Å². The SMILES string of the molecule is O=C1[C@H]2[C@@H](C(=O)N1c1ccccc1Br)[C@]1(C(=O)Nc3ccccc31)N1CCC[C@@H]21. The average Bonchev–Trinajstić information content (AvgIpc) is 3.41. The Morgan fingerprint density at radius 1 is 1.00 bits per heavy atom. The van der Waals surface area contributed by atoms with Crippen LogP contribution in [0.3, 0.4) is 0 Å². The fourth-order valence-corrected chi connectivity index (χ4v) is 6.49. The third-order valence-electron chi connectivity index (χ3n) is 6.99. The highest BCUT2D eigenvalue weighted by molar-refractivity contribution is 9.10. The van der Waals surface area contributed by atoms with Crippen LogP contribution in [-0.4, -0.2) is 35.2 Å². The minimum Gasteiger partial charge on any atom is -0.324 e. The van der Waals surface area contributed by atoms with Gasteiger partial charge in [0.25, 0.3) is 0 Å². The molecule has 3 saturated heterocycles. The Kier molecular flexibility index (Phi) is 3.45. The highest BCUT2D eigenvalue weighted by Crippen LogP contribution is 2.60. The third-order valence-corrected chi connectivity index (χ3v) is 7.66. The van der Waals surface area contributed by atoms with Gasteiger partial charge in [0.2, 0.25) is 17.7 Å². The van der Waals surface area contributed by atoms with Crippen molar-refractivity contribution in [2.24, 2.45) is 11.8 Å². The lowest BCUT2D eigenvalue weighted by Gasteiger charge is -2.36. The minimum atomic E-state index is -1.11. The van der Waals surface area contributed by atoms with Gasteiger partial charge < -0.3 is 5.32 Å². The summed E-state index contributed by atoms with van der Waals surface area (Å²) in [5.74, 6) is -1.88. The van der Waals surface area contributed by atoms with Gasteiger partial charge in [-0.1, -0.05) is 30.3 Å². The van der Waals surface area contributed by atoms with Gasteiger partial charge in [-0.15, -0.1) is 0 Å². The number of halogens is 1. The summed E-state index contributed by atoms with van der Waals surface area (Å²) in [4.78, 5) is 44.2. The monoisotopic (exact) mass is 451 g/mol. The van der Waals surface area contributed by atoms with Crippen LogP contribution in [-0.2, 0) is 19.9 Å². The summed E-state index contributed by atoms with van der Waals surface area (Å²) in [6.07, 6.45) is 1.74. The van der Waals surface area contributed by atoms with Crippen LogP contribution < -0.4 is 10.2 Å². The maximum atomic E-state index is 13.8. The van der Waals surface area contributed by atoms with Gasteiger partial charge >= 0.3 is 0 Å². The first-order chi connectivity index (χ1) is 14.1. The molecule has 7 heteroatoms. The van der Waals surface area contributed by atoms with Crippen LogP contribution in [0, 0.1) is 11.8 Å². The molecule has 0 unspecified atom stereocenters. The predicted octanol–water partition coefficient (Wildman–Crippen LogP) is 2.88. The predicted molar refractivity (Wildman–Crippen MR) is 110 cm³/mol. The van der Waals surface area contributed by atoms with Gasteiger partial charge in [-0.25, -0.2) is 4.90 Å². The minimum absolute atomic E-state index is 0.0964. The highest BCUT2D eigenvalue weighted by atomic mass is 79.9. The van der Waals surface area contributed by atoms with E-state index >= 15 is 0 Å². The molecule has 4 aliphatic heterocycles. The van der Waals surface area contributed by atoms with Crippen LogP contribution in [0.1, 0.15) is 18.4 Å². The van der Waals surface area contributed by atoms with Crippen LogP contribution in [0.15, 0.2) is 53.0 Å². The first-order valence-electron chi connectivity index (χ1n) is 9.87. The first kappa shape index (κ1) is 17.4. The van der Waals surface area contributed by atoms with Crippen LogP contribution in [0.25, 0.3) is 0 Å². The molecule has 1 N–H and O–H groups in total. The van der Waals surface area contributed by atoms with Crippen molar-refractivity contribution < 1.29 is 14.4 Å². The summed E-state index contributed by atoms with van der Waals surface area (Å²) in [6.45, 7) is 0.717. The fourth-order valence-electron chi connectivity index (χ4n) is 6.03. The van der Waals surface area contributed by atoms with Gasteiger partial charge in [-0.2, -0.15) is 0 Å². The number of benzene rings is 2. The molecule has 0 aliphatic carbocycles. The Morgan fingerprint density at radius 3 is 2.59 bits per heavy atom. The lowest BCUT2D eigenvalue weighted by Crippen LogP contribution is -2.54. The van der Waals surface area contributed by atoms with E-state index in [-0.39, 0.29) is 23.8 Å². The second kappa shape index (κ2) is 5.77. The lowest BCUT2D eigenvalue weighted by molar-refractivity contribution is -0.135. The van der Waals surface area contributed by atoms with Crippen molar-refractivity contribution in [3.05, 3.63) is 58.6 Å². The molecule has 0 aromatic heterocycles. The quantitative estimate of drug-likeness (QED) is 0.676. The molecule has 4 atom stereocenters. The van der Waals surface area contributed by atoms with Crippen molar-refractivity contribution in [3.63, 3.8) is 0 Å². The van der Waals surface area contributed by atoms with E-state index in [4.69, 9.17) is 0 Å². The molecule has 2 aromatic carbocycles. The van der Waals surface area contributed by atoms with Crippen molar-refractivity contribution in [2.45, 2.75) is 24.4 Å². The number of carbonyl (C=O) groups is 3. The zero-order valence-electron chi connectivity index (χ0n) is 15.5. The number of nitrogens with zero attached hydrogens (tertiary/aromatic N) is 2. The molecule has 0 saturated carbocycles. The number of rotatable bonds is 1. The Morgan fingerprint density at radius 2 is 1.76 bits per heavy atom. The smallest absolute Gasteiger partial charge is 0.250 e. The van der Waals surface area contributed by atoms with Gasteiger partial charge in [0, 0.05) is 21.8 Å². The topological polar surface area (TPSA) is 69.7 Å². The summed E-state index contributed by atoms with van der Waals surface area (Å²) >= 11 is 3.47. The van der Waals surface area contributed by atoms with Crippen molar-refractivity contribution in [1.29, 1.82) is 0 Å². The van der Waals surface area contributed by atoms with Gasteiger partial charge in [-0.3, -0.25) is 19.3 Å². The Labute approximate surface area is 176 Å². The average molecular weight is 452 g/mol. The molecular weight excluding hydrogens is 434 g/mol. The molecule has 4 heterocycles. The van der Waals surface area contributed by atoms with Crippen molar-refractivity contribution in [2.75, 3.05) is 16.8 Å². The van der Waals surface area contributed by atoms with Crippen LogP contribution in [0.2, 0.25) is 0 Å². The second-order valence-corrected chi connectivity index (χ2v) is 8.99. The lowest BCUT2D eigenvalue weighted by atomic mass is 9.75. The maximum Gasteiger partial charge on any atom is 0.250 e. The van der Waals surface area contributed by atoms with Gasteiger partial charge in [0.05, 0.1) is 17.5 Å². The standard InChI is InChI=1S/C22H18BrN3O3/c23-13-7-2-4-9-15(13)26-19(27)17-16-10-5-11-25(16)22(18(17)20(26)28)12-6-1-3-8-14(12)24-21(22)29/h1-4,6-9,16-18H,5,10-11H2,(H,24,29)/t16-,17+,18-,22+/m0/s1. The van der Waals surface area contributed by atoms with Crippen molar-refractivity contribution >= 4 is 45.0 Å². The summed E-state index contributed by atoms with van der Waals surface area (Å²) in [5.41, 5.74) is 0.997. The number of anilines is 2. The van der Waals surface area contributed by atoms with E-state index in [0.29, 0.717) is 10.2 Å². The van der Waals surface area contributed by atoms with Crippen LogP contribution in [0.5, 0.6) is 0 Å². The molecule has 146 valence electrons. The number of para-hydroxylation sites is 2. The van der Waals surface area contributed by atoms with Gasteiger partial charge in [-0.05, 0) is 53.5 Å². The van der Waals surface area contributed by atoms with E-state index in [2.05, 4.69) is 26.1 Å². The molecule has 29 heavy (non-hydrogen) atoms. The molecule has 0 bridgehead atoms. The summed E-state index contributed by atoms with van der Waals surface area (Å²) < 4.78 is 0.690. The third kappa shape index (κ3) is 1.92. The molecular formula is C22H18BrN3O3. The van der Waals surface area contributed by atoms with E-state index in [9.17, 15) is 14.4 Å². The number of hydrogen-bond donors (Lipinski definition) is 1. The Balaban J connectivity index is 1.58. The van der Waals surface area contributed by atoms with E-state index < -0.39 is 17.4 Å². The zero-order chi connectivity index (χ0) is 19.9. The molecule has 6 nitrogen and oxygen atoms in total. The van der Waals surface area contributed by atoms with E-state index in [1.54, 1.807) is 6.07 Å². The summed E-state index contributed by atoms with van der Waals surface area (Å²) in [6, 6.07) is 14.7. The van der Waals surface area contributed by atoms with E-state index in [0.717, 1.165) is 30.6 Å². The highest BCUT2D eigenvalue weighted by Gasteiger charge is 2.74. The summed E-state index contributed by atoms with van der Waals surface area (Å²) in [7, 11) is 0. The second-order valence-electron chi connectivity index (χ2n) is 8.14. The Bertz CT molecular complexity index is 1100.